The van der Waals surface area contributed by atoms with Crippen LogP contribution in [0.25, 0.3) is 17.3 Å². The number of carbonyl (C=O) groups excluding carboxylic acids is 1. The first-order valence-corrected chi connectivity index (χ1v) is 8.28. The molecule has 1 N–H and O–H groups in total. The summed E-state index contributed by atoms with van der Waals surface area (Å²) in [7, 11) is 0. The summed E-state index contributed by atoms with van der Waals surface area (Å²) in [4.78, 5) is 25.0. The Bertz CT molecular complexity index is 953. The molecular weight excluding hydrogens is 344 g/mol. The highest BCUT2D eigenvalue weighted by Gasteiger charge is 2.25. The molecule has 3 aromatic rings. The molecule has 1 saturated carbocycles. The Labute approximate surface area is 147 Å². The van der Waals surface area contributed by atoms with Gasteiger partial charge in [0.25, 0.3) is 0 Å². The van der Waals surface area contributed by atoms with Gasteiger partial charge in [0.2, 0.25) is 11.7 Å². The summed E-state index contributed by atoms with van der Waals surface area (Å²) in [6.07, 6.45) is 3.46. The van der Waals surface area contributed by atoms with Gasteiger partial charge < -0.3 is 9.73 Å². The van der Waals surface area contributed by atoms with Crippen molar-refractivity contribution < 1.29 is 9.21 Å². The number of benzene rings is 1. The molecule has 2 aromatic heterocycles. The van der Waals surface area contributed by atoms with Crippen LogP contribution in [-0.4, -0.2) is 26.3 Å². The predicted octanol–water partition coefficient (Wildman–Crippen LogP) is 2.23. The SMILES string of the molecule is O=C(Cn1c(-c2ccco2)nn(-c2ccc(Cl)cc2)c1=O)NC1CC1. The van der Waals surface area contributed by atoms with Crippen molar-refractivity contribution in [3.8, 4) is 17.3 Å². The minimum atomic E-state index is -0.417. The summed E-state index contributed by atoms with van der Waals surface area (Å²) in [6, 6.07) is 10.4. The highest BCUT2D eigenvalue weighted by Crippen LogP contribution is 2.20. The van der Waals surface area contributed by atoms with E-state index in [2.05, 4.69) is 10.4 Å². The van der Waals surface area contributed by atoms with Crippen LogP contribution in [0.1, 0.15) is 12.8 Å². The monoisotopic (exact) mass is 358 g/mol. The maximum Gasteiger partial charge on any atom is 0.351 e. The molecule has 4 rings (SSSR count). The number of hydrogen-bond donors (Lipinski definition) is 1. The number of furan rings is 1. The van der Waals surface area contributed by atoms with E-state index in [4.69, 9.17) is 16.0 Å². The van der Waals surface area contributed by atoms with E-state index in [1.54, 1.807) is 36.4 Å². The van der Waals surface area contributed by atoms with Crippen LogP contribution in [-0.2, 0) is 11.3 Å². The van der Waals surface area contributed by atoms with Crippen molar-refractivity contribution in [3.63, 3.8) is 0 Å². The first-order chi connectivity index (χ1) is 12.1. The zero-order valence-corrected chi connectivity index (χ0v) is 13.9. The maximum atomic E-state index is 12.8. The number of nitrogens with one attached hydrogen (secondary N) is 1. The highest BCUT2D eigenvalue weighted by molar-refractivity contribution is 6.30. The Balaban J connectivity index is 1.76. The predicted molar refractivity (Wildman–Crippen MR) is 91.7 cm³/mol. The Hall–Kier alpha value is -2.80. The molecule has 1 aromatic carbocycles. The van der Waals surface area contributed by atoms with Gasteiger partial charge in [0.15, 0.2) is 5.76 Å². The normalized spacial score (nSPS) is 13.8. The number of aromatic nitrogens is 3. The van der Waals surface area contributed by atoms with Gasteiger partial charge in [-0.15, -0.1) is 5.10 Å². The topological polar surface area (TPSA) is 82.1 Å². The summed E-state index contributed by atoms with van der Waals surface area (Å²) in [5.74, 6) is 0.507. The van der Waals surface area contributed by atoms with Gasteiger partial charge in [-0.3, -0.25) is 9.36 Å². The Morgan fingerprint density at radius 3 is 2.68 bits per heavy atom. The molecule has 128 valence electrons. The van der Waals surface area contributed by atoms with Crippen molar-refractivity contribution in [2.45, 2.75) is 25.4 Å². The number of hydrogen-bond acceptors (Lipinski definition) is 4. The molecule has 0 bridgehead atoms. The van der Waals surface area contributed by atoms with Gasteiger partial charge in [0.1, 0.15) is 6.54 Å². The first kappa shape index (κ1) is 15.7. The number of amides is 1. The second-order valence-electron chi connectivity index (χ2n) is 5.90. The van der Waals surface area contributed by atoms with E-state index in [1.807, 2.05) is 0 Å². The third-order valence-electron chi connectivity index (χ3n) is 3.92. The van der Waals surface area contributed by atoms with Crippen LogP contribution in [0.15, 0.2) is 51.9 Å². The van der Waals surface area contributed by atoms with Gasteiger partial charge in [0, 0.05) is 11.1 Å². The zero-order chi connectivity index (χ0) is 17.4. The summed E-state index contributed by atoms with van der Waals surface area (Å²) >= 11 is 5.90. The molecule has 1 amide bonds. The van der Waals surface area contributed by atoms with E-state index in [9.17, 15) is 9.59 Å². The number of rotatable bonds is 5. The summed E-state index contributed by atoms with van der Waals surface area (Å²) in [5.41, 5.74) is 0.142. The van der Waals surface area contributed by atoms with Gasteiger partial charge in [0.05, 0.1) is 12.0 Å². The van der Waals surface area contributed by atoms with Crippen LogP contribution in [0.5, 0.6) is 0 Å². The molecule has 8 heteroatoms. The number of halogens is 1. The van der Waals surface area contributed by atoms with Gasteiger partial charge in [-0.2, -0.15) is 4.68 Å². The molecule has 0 aliphatic heterocycles. The first-order valence-electron chi connectivity index (χ1n) is 7.91. The Kier molecular flexibility index (Phi) is 3.93. The molecule has 0 unspecified atom stereocenters. The molecular formula is C17H15ClN4O3. The fraction of sp³-hybridized carbons (Fsp3) is 0.235. The number of carbonyl (C=O) groups is 1. The average Bonchev–Trinajstić information content (AvgIpc) is 3.13. The van der Waals surface area contributed by atoms with Crippen molar-refractivity contribution in [2.75, 3.05) is 0 Å². The fourth-order valence-corrected chi connectivity index (χ4v) is 2.65. The van der Waals surface area contributed by atoms with Gasteiger partial charge in [-0.05, 0) is 49.2 Å². The van der Waals surface area contributed by atoms with Gasteiger partial charge in [-0.1, -0.05) is 11.6 Å². The minimum Gasteiger partial charge on any atom is -0.461 e. The number of nitrogens with zero attached hydrogens (tertiary/aromatic N) is 3. The Morgan fingerprint density at radius 2 is 2.04 bits per heavy atom. The largest absolute Gasteiger partial charge is 0.461 e. The molecule has 0 atom stereocenters. The van der Waals surface area contributed by atoms with Crippen molar-refractivity contribution in [1.82, 2.24) is 19.7 Å². The molecule has 7 nitrogen and oxygen atoms in total. The maximum absolute atomic E-state index is 12.8. The summed E-state index contributed by atoms with van der Waals surface area (Å²) < 4.78 is 7.92. The van der Waals surface area contributed by atoms with Crippen LogP contribution >= 0.6 is 11.6 Å². The van der Waals surface area contributed by atoms with Crippen LogP contribution in [0.3, 0.4) is 0 Å². The quantitative estimate of drug-likeness (QED) is 0.758. The lowest BCUT2D eigenvalue weighted by Crippen LogP contribution is -2.34. The molecule has 0 spiro atoms. The molecule has 1 aliphatic carbocycles. The molecule has 1 aliphatic rings. The second kappa shape index (κ2) is 6.25. The van der Waals surface area contributed by atoms with E-state index >= 15 is 0 Å². The smallest absolute Gasteiger partial charge is 0.351 e. The second-order valence-corrected chi connectivity index (χ2v) is 6.34. The van der Waals surface area contributed by atoms with Crippen LogP contribution in [0, 0.1) is 0 Å². The van der Waals surface area contributed by atoms with Crippen LogP contribution in [0.4, 0.5) is 0 Å². The van der Waals surface area contributed by atoms with Gasteiger partial charge >= 0.3 is 5.69 Å². The molecule has 2 heterocycles. The summed E-state index contributed by atoms with van der Waals surface area (Å²) in [6.45, 7) is -0.112. The van der Waals surface area contributed by atoms with E-state index in [-0.39, 0.29) is 18.5 Å². The van der Waals surface area contributed by atoms with Crippen LogP contribution in [0.2, 0.25) is 5.02 Å². The lowest BCUT2D eigenvalue weighted by atomic mass is 10.3. The molecule has 0 radical (unpaired) electrons. The van der Waals surface area contributed by atoms with Crippen molar-refractivity contribution >= 4 is 17.5 Å². The average molecular weight is 359 g/mol. The lowest BCUT2D eigenvalue weighted by molar-refractivity contribution is -0.121. The summed E-state index contributed by atoms with van der Waals surface area (Å²) in [5, 5.41) is 7.79. The third kappa shape index (κ3) is 3.23. The van der Waals surface area contributed by atoms with Gasteiger partial charge in [-0.25, -0.2) is 4.79 Å². The van der Waals surface area contributed by atoms with E-state index in [0.29, 0.717) is 22.3 Å². The van der Waals surface area contributed by atoms with Crippen molar-refractivity contribution in [1.29, 1.82) is 0 Å². The standard InChI is InChI=1S/C17H15ClN4O3/c18-11-3-7-13(8-4-11)22-17(24)21(10-15(23)19-12-5-6-12)16(20-22)14-2-1-9-25-14/h1-4,7-9,12H,5-6,10H2,(H,19,23). The molecule has 0 saturated heterocycles. The highest BCUT2D eigenvalue weighted by atomic mass is 35.5. The zero-order valence-electron chi connectivity index (χ0n) is 13.2. The lowest BCUT2D eigenvalue weighted by Gasteiger charge is -2.04. The minimum absolute atomic E-state index is 0.112. The third-order valence-corrected chi connectivity index (χ3v) is 4.17. The van der Waals surface area contributed by atoms with Crippen molar-refractivity contribution in [2.24, 2.45) is 0 Å². The fourth-order valence-electron chi connectivity index (χ4n) is 2.52. The van der Waals surface area contributed by atoms with Crippen molar-refractivity contribution in [3.05, 3.63) is 58.2 Å². The Morgan fingerprint density at radius 1 is 1.28 bits per heavy atom. The van der Waals surface area contributed by atoms with E-state index in [0.717, 1.165) is 12.8 Å². The molecule has 1 fully saturated rings. The van der Waals surface area contributed by atoms with E-state index in [1.165, 1.54) is 15.5 Å². The van der Waals surface area contributed by atoms with Crippen LogP contribution < -0.4 is 11.0 Å². The van der Waals surface area contributed by atoms with E-state index < -0.39 is 5.69 Å². The molecule has 25 heavy (non-hydrogen) atoms.